The van der Waals surface area contributed by atoms with Gasteiger partial charge in [0, 0.05) is 11.6 Å². The molecule has 3 rings (SSSR count). The van der Waals surface area contributed by atoms with Gasteiger partial charge >= 0.3 is 0 Å². The maximum Gasteiger partial charge on any atom is 0.295 e. The van der Waals surface area contributed by atoms with E-state index < -0.39 is 20.6 Å². The molecule has 0 saturated carbocycles. The number of anilines is 1. The van der Waals surface area contributed by atoms with Crippen LogP contribution in [0.3, 0.4) is 0 Å². The third kappa shape index (κ3) is 4.31. The van der Waals surface area contributed by atoms with Gasteiger partial charge in [-0.2, -0.15) is 10.2 Å². The van der Waals surface area contributed by atoms with Crippen LogP contribution in [0.5, 0.6) is 0 Å². The van der Waals surface area contributed by atoms with Crippen LogP contribution >= 0.6 is 0 Å². The summed E-state index contributed by atoms with van der Waals surface area (Å²) in [5.41, 5.74) is 5.39. The largest absolute Gasteiger partial charge is 0.295 e. The molecule has 0 unspecified atom stereocenters. The van der Waals surface area contributed by atoms with Gasteiger partial charge in [0.2, 0.25) is 10.0 Å². The van der Waals surface area contributed by atoms with E-state index in [4.69, 9.17) is 5.14 Å². The molecule has 29 heavy (non-hydrogen) atoms. The minimum Gasteiger partial charge on any atom is -0.272 e. The summed E-state index contributed by atoms with van der Waals surface area (Å²) in [4.78, 5) is 10.2. The lowest BCUT2D eigenvalue weighted by atomic mass is 10.2. The first-order chi connectivity index (χ1) is 13.7. The molecule has 2 aromatic carbocycles. The highest BCUT2D eigenvalue weighted by Crippen LogP contribution is 2.27. The SMILES string of the molecule is Cc1nn(-c2ccccc2)c(C)c1C=NNc1ccc(S(N)(=O)=O)cc1[N+](=O)[O-]. The van der Waals surface area contributed by atoms with Gasteiger partial charge in [-0.1, -0.05) is 18.2 Å². The van der Waals surface area contributed by atoms with Gasteiger partial charge in [0.05, 0.1) is 33.1 Å². The number of hydrazone groups is 1. The number of nitrogens with one attached hydrogen (secondary N) is 1. The third-order valence-corrected chi connectivity index (χ3v) is 5.13. The van der Waals surface area contributed by atoms with Crippen molar-refractivity contribution in [2.24, 2.45) is 10.2 Å². The predicted octanol–water partition coefficient (Wildman–Crippen LogP) is 2.49. The summed E-state index contributed by atoms with van der Waals surface area (Å²) in [6.45, 7) is 3.72. The summed E-state index contributed by atoms with van der Waals surface area (Å²) in [6.07, 6.45) is 1.51. The van der Waals surface area contributed by atoms with Crippen LogP contribution in [0.2, 0.25) is 0 Å². The van der Waals surface area contributed by atoms with E-state index in [-0.39, 0.29) is 10.6 Å². The van der Waals surface area contributed by atoms with Gasteiger partial charge in [-0.05, 0) is 38.1 Å². The smallest absolute Gasteiger partial charge is 0.272 e. The summed E-state index contributed by atoms with van der Waals surface area (Å²) in [5, 5.41) is 24.9. The molecule has 150 valence electrons. The summed E-state index contributed by atoms with van der Waals surface area (Å²) in [5.74, 6) is 0. The Morgan fingerprint density at radius 3 is 2.52 bits per heavy atom. The molecular weight excluding hydrogens is 396 g/mol. The molecule has 1 heterocycles. The number of nitrogens with two attached hydrogens (primary N) is 1. The minimum atomic E-state index is -4.06. The van der Waals surface area contributed by atoms with Crippen LogP contribution in [0.25, 0.3) is 5.69 Å². The van der Waals surface area contributed by atoms with Crippen LogP contribution in [-0.4, -0.2) is 29.3 Å². The third-order valence-electron chi connectivity index (χ3n) is 4.22. The molecule has 0 spiro atoms. The van der Waals surface area contributed by atoms with E-state index in [9.17, 15) is 18.5 Å². The number of primary sulfonamides is 1. The van der Waals surface area contributed by atoms with Crippen LogP contribution in [0, 0.1) is 24.0 Å². The number of sulfonamides is 1. The average molecular weight is 414 g/mol. The van der Waals surface area contributed by atoms with Gasteiger partial charge in [0.1, 0.15) is 5.69 Å². The number of hydrogen-bond acceptors (Lipinski definition) is 7. The standard InChI is InChI=1S/C18H18N6O4S/c1-12-16(13(2)23(22-12)14-6-4-3-5-7-14)11-20-21-17-9-8-15(29(19,27)28)10-18(17)24(25)26/h3-11,21H,1-2H3,(H2,19,27,28). The van der Waals surface area contributed by atoms with Gasteiger partial charge in [-0.15, -0.1) is 0 Å². The molecule has 0 atom stereocenters. The highest BCUT2D eigenvalue weighted by Gasteiger charge is 2.19. The quantitative estimate of drug-likeness (QED) is 0.360. The van der Waals surface area contributed by atoms with Crippen molar-refractivity contribution in [3.63, 3.8) is 0 Å². The molecule has 3 N–H and O–H groups in total. The Kier molecular flexibility index (Phi) is 5.43. The zero-order chi connectivity index (χ0) is 21.2. The number of rotatable bonds is 6. The summed E-state index contributed by atoms with van der Waals surface area (Å²) in [6, 6.07) is 12.9. The maximum atomic E-state index is 11.4. The van der Waals surface area contributed by atoms with E-state index in [1.807, 2.05) is 44.2 Å². The van der Waals surface area contributed by atoms with E-state index in [0.717, 1.165) is 28.7 Å². The van der Waals surface area contributed by atoms with Crippen LogP contribution in [-0.2, 0) is 10.0 Å². The Balaban J connectivity index is 1.89. The van der Waals surface area contributed by atoms with Crippen molar-refractivity contribution in [1.29, 1.82) is 0 Å². The molecule has 0 aliphatic heterocycles. The lowest BCUT2D eigenvalue weighted by Crippen LogP contribution is -2.12. The first-order valence-corrected chi connectivity index (χ1v) is 9.95. The van der Waals surface area contributed by atoms with Crippen LogP contribution < -0.4 is 10.6 Å². The molecule has 10 nitrogen and oxygen atoms in total. The molecule has 0 bridgehead atoms. The van der Waals surface area contributed by atoms with Crippen molar-refractivity contribution in [3.05, 3.63) is 75.6 Å². The number of benzene rings is 2. The van der Waals surface area contributed by atoms with Gasteiger partial charge < -0.3 is 0 Å². The second-order valence-electron chi connectivity index (χ2n) is 6.18. The highest BCUT2D eigenvalue weighted by atomic mass is 32.2. The normalized spacial score (nSPS) is 11.7. The Hall–Kier alpha value is -3.57. The van der Waals surface area contributed by atoms with Gasteiger partial charge in [0.15, 0.2) is 0 Å². The Morgan fingerprint density at radius 2 is 1.90 bits per heavy atom. The highest BCUT2D eigenvalue weighted by molar-refractivity contribution is 7.89. The molecule has 0 amide bonds. The van der Waals surface area contributed by atoms with E-state index in [1.165, 1.54) is 18.3 Å². The summed E-state index contributed by atoms with van der Waals surface area (Å²) >= 11 is 0. The van der Waals surface area contributed by atoms with Crippen molar-refractivity contribution in [2.75, 3.05) is 5.43 Å². The van der Waals surface area contributed by atoms with E-state index in [0.29, 0.717) is 0 Å². The van der Waals surface area contributed by atoms with Crippen molar-refractivity contribution in [1.82, 2.24) is 9.78 Å². The van der Waals surface area contributed by atoms with Gasteiger partial charge in [-0.3, -0.25) is 15.5 Å². The fourth-order valence-electron chi connectivity index (χ4n) is 2.76. The zero-order valence-corrected chi connectivity index (χ0v) is 16.4. The number of nitrogens with zero attached hydrogens (tertiary/aromatic N) is 4. The Labute approximate surface area is 166 Å². The number of nitro benzene ring substituents is 1. The van der Waals surface area contributed by atoms with Crippen LogP contribution in [0.1, 0.15) is 17.0 Å². The summed E-state index contributed by atoms with van der Waals surface area (Å²) in [7, 11) is -4.06. The predicted molar refractivity (Wildman–Crippen MR) is 109 cm³/mol. The van der Waals surface area contributed by atoms with Crippen molar-refractivity contribution < 1.29 is 13.3 Å². The maximum absolute atomic E-state index is 11.4. The number of para-hydroxylation sites is 1. The van der Waals surface area contributed by atoms with E-state index in [2.05, 4.69) is 15.6 Å². The zero-order valence-electron chi connectivity index (χ0n) is 15.6. The monoisotopic (exact) mass is 414 g/mol. The number of hydrogen-bond donors (Lipinski definition) is 2. The van der Waals surface area contributed by atoms with Gasteiger partial charge in [0.25, 0.3) is 5.69 Å². The number of aromatic nitrogens is 2. The minimum absolute atomic E-state index is 0.0319. The molecule has 3 aromatic rings. The summed E-state index contributed by atoms with van der Waals surface area (Å²) < 4.78 is 24.6. The van der Waals surface area contributed by atoms with Crippen molar-refractivity contribution in [3.8, 4) is 5.69 Å². The lowest BCUT2D eigenvalue weighted by Gasteiger charge is -2.05. The number of aryl methyl sites for hydroxylation is 1. The molecule has 0 aliphatic rings. The van der Waals surface area contributed by atoms with E-state index in [1.54, 1.807) is 4.68 Å². The molecular formula is C18H18N6O4S. The molecule has 0 fully saturated rings. The Bertz CT molecular complexity index is 1200. The van der Waals surface area contributed by atoms with Gasteiger partial charge in [-0.25, -0.2) is 18.2 Å². The second kappa shape index (κ2) is 7.81. The number of nitro groups is 1. The lowest BCUT2D eigenvalue weighted by molar-refractivity contribution is -0.384. The van der Waals surface area contributed by atoms with Crippen LogP contribution in [0.15, 0.2) is 58.5 Å². The fourth-order valence-corrected chi connectivity index (χ4v) is 3.30. The first kappa shape index (κ1) is 20.2. The topological polar surface area (TPSA) is 146 Å². The van der Waals surface area contributed by atoms with Crippen molar-refractivity contribution in [2.45, 2.75) is 18.7 Å². The Morgan fingerprint density at radius 1 is 1.21 bits per heavy atom. The van der Waals surface area contributed by atoms with E-state index >= 15 is 0 Å². The molecule has 0 aliphatic carbocycles. The average Bonchev–Trinajstić information content (AvgIpc) is 2.96. The van der Waals surface area contributed by atoms with Crippen LogP contribution in [0.4, 0.5) is 11.4 Å². The first-order valence-electron chi connectivity index (χ1n) is 8.40. The molecule has 0 radical (unpaired) electrons. The molecule has 1 aromatic heterocycles. The fraction of sp³-hybridized carbons (Fsp3) is 0.111. The molecule has 0 saturated heterocycles. The van der Waals surface area contributed by atoms with Crippen molar-refractivity contribution >= 4 is 27.6 Å². The second-order valence-corrected chi connectivity index (χ2v) is 7.74. The molecule has 11 heteroatoms.